The molecule has 28 heavy (non-hydrogen) atoms. The van der Waals surface area contributed by atoms with Crippen LogP contribution >= 0.6 is 0 Å². The van der Waals surface area contributed by atoms with Gasteiger partial charge in [-0.2, -0.15) is 5.10 Å². The number of nitrogens with one attached hydrogen (secondary N) is 1. The minimum Gasteiger partial charge on any atom is -0.367 e. The normalized spacial score (nSPS) is 23.0. The molecule has 7 nitrogen and oxygen atoms in total. The number of nitrogens with zero attached hydrogens (tertiary/aromatic N) is 4. The first-order valence-electron chi connectivity index (χ1n) is 9.68. The molecule has 2 atom stereocenters. The van der Waals surface area contributed by atoms with Crippen LogP contribution < -0.4 is 5.32 Å². The maximum absolute atomic E-state index is 13.6. The molecule has 0 spiro atoms. The summed E-state index contributed by atoms with van der Waals surface area (Å²) >= 11 is 0. The minimum absolute atomic E-state index is 0.0427. The zero-order valence-electron chi connectivity index (χ0n) is 16.3. The predicted molar refractivity (Wildman–Crippen MR) is 98.6 cm³/mol. The summed E-state index contributed by atoms with van der Waals surface area (Å²) < 4.78 is 33.7. The Morgan fingerprint density at radius 1 is 1.29 bits per heavy atom. The van der Waals surface area contributed by atoms with Crippen LogP contribution in [0.2, 0.25) is 0 Å². The molecule has 0 aromatic carbocycles. The molecule has 1 saturated heterocycles. The van der Waals surface area contributed by atoms with E-state index in [1.807, 2.05) is 17.9 Å². The number of piperidine rings is 1. The van der Waals surface area contributed by atoms with E-state index in [0.29, 0.717) is 42.3 Å². The van der Waals surface area contributed by atoms with Gasteiger partial charge in [-0.25, -0.2) is 13.5 Å². The van der Waals surface area contributed by atoms with Gasteiger partial charge in [-0.15, -0.1) is 0 Å². The highest BCUT2D eigenvalue weighted by Crippen LogP contribution is 2.37. The standard InChI is InChI=1S/C19H25F2N5O2/c1-10-8-16-22-14(9-15(18(20)21)26(16)23-10)13-4-6-25(7-5-13)19(27)17-11(2)24-28-12(17)3/h8,13-15,18,22H,4-7,9H2,1-3H3/t14-,15+/m0/s1. The molecule has 1 N–H and O–H groups in total. The molecule has 9 heteroatoms. The highest BCUT2D eigenvalue weighted by atomic mass is 19.3. The van der Waals surface area contributed by atoms with Crippen LogP contribution in [-0.4, -0.2) is 51.3 Å². The molecule has 4 heterocycles. The van der Waals surface area contributed by atoms with Crippen molar-refractivity contribution in [1.29, 1.82) is 0 Å². The van der Waals surface area contributed by atoms with Crippen molar-refractivity contribution in [3.63, 3.8) is 0 Å². The fourth-order valence-corrected chi connectivity index (χ4v) is 4.46. The van der Waals surface area contributed by atoms with Gasteiger partial charge in [0.15, 0.2) is 0 Å². The molecular weight excluding hydrogens is 368 g/mol. The van der Waals surface area contributed by atoms with Crippen molar-refractivity contribution >= 4 is 11.7 Å². The summed E-state index contributed by atoms with van der Waals surface area (Å²) in [6.07, 6.45) is -0.566. The number of fused-ring (bicyclic) bond motifs is 1. The summed E-state index contributed by atoms with van der Waals surface area (Å²) in [6.45, 7) is 6.51. The maximum Gasteiger partial charge on any atom is 0.260 e. The first-order valence-corrected chi connectivity index (χ1v) is 9.68. The summed E-state index contributed by atoms with van der Waals surface area (Å²) in [5.41, 5.74) is 1.86. The minimum atomic E-state index is -2.45. The summed E-state index contributed by atoms with van der Waals surface area (Å²) in [7, 11) is 0. The number of likely N-dealkylation sites (tertiary alicyclic amines) is 1. The summed E-state index contributed by atoms with van der Waals surface area (Å²) in [4.78, 5) is 14.6. The van der Waals surface area contributed by atoms with Crippen molar-refractivity contribution in [2.45, 2.75) is 58.5 Å². The highest BCUT2D eigenvalue weighted by molar-refractivity contribution is 5.96. The molecule has 152 valence electrons. The molecule has 2 aromatic heterocycles. The number of rotatable bonds is 3. The molecule has 1 fully saturated rings. The fraction of sp³-hybridized carbons (Fsp3) is 0.632. The number of alkyl halides is 2. The van der Waals surface area contributed by atoms with E-state index in [4.69, 9.17) is 4.52 Å². The first-order chi connectivity index (χ1) is 13.3. The van der Waals surface area contributed by atoms with Crippen molar-refractivity contribution < 1.29 is 18.1 Å². The number of hydrogen-bond donors (Lipinski definition) is 1. The summed E-state index contributed by atoms with van der Waals surface area (Å²) in [6, 6.07) is 0.869. The molecular formula is C19H25F2N5O2. The lowest BCUT2D eigenvalue weighted by Crippen LogP contribution is -2.46. The van der Waals surface area contributed by atoms with Crippen LogP contribution in [0, 0.1) is 26.7 Å². The van der Waals surface area contributed by atoms with Crippen molar-refractivity contribution in [3.05, 3.63) is 28.8 Å². The number of amides is 1. The van der Waals surface area contributed by atoms with Crippen LogP contribution in [0.15, 0.2) is 10.6 Å². The van der Waals surface area contributed by atoms with E-state index in [-0.39, 0.29) is 17.9 Å². The summed E-state index contributed by atoms with van der Waals surface area (Å²) in [5, 5.41) is 11.5. The Kier molecular flexibility index (Phi) is 4.84. The van der Waals surface area contributed by atoms with Gasteiger partial charge in [0.05, 0.1) is 11.4 Å². The highest BCUT2D eigenvalue weighted by Gasteiger charge is 2.38. The zero-order valence-corrected chi connectivity index (χ0v) is 16.3. The lowest BCUT2D eigenvalue weighted by atomic mass is 9.84. The number of hydrogen-bond acceptors (Lipinski definition) is 5. The Morgan fingerprint density at radius 2 is 2.00 bits per heavy atom. The second-order valence-electron chi connectivity index (χ2n) is 7.83. The van der Waals surface area contributed by atoms with Crippen molar-refractivity contribution in [3.8, 4) is 0 Å². The second-order valence-corrected chi connectivity index (χ2v) is 7.83. The Bertz CT molecular complexity index is 850. The average molecular weight is 393 g/mol. The fourth-order valence-electron chi connectivity index (χ4n) is 4.46. The zero-order chi connectivity index (χ0) is 20.0. The van der Waals surface area contributed by atoms with Gasteiger partial charge in [0.2, 0.25) is 0 Å². The lowest BCUT2D eigenvalue weighted by molar-refractivity contribution is 0.0538. The van der Waals surface area contributed by atoms with Crippen molar-refractivity contribution in [2.24, 2.45) is 5.92 Å². The molecule has 2 aliphatic rings. The van der Waals surface area contributed by atoms with Crippen LogP contribution in [-0.2, 0) is 0 Å². The van der Waals surface area contributed by atoms with Gasteiger partial charge in [-0.3, -0.25) is 4.79 Å². The quantitative estimate of drug-likeness (QED) is 0.866. The largest absolute Gasteiger partial charge is 0.367 e. The topological polar surface area (TPSA) is 76.2 Å². The Balaban J connectivity index is 1.43. The summed E-state index contributed by atoms with van der Waals surface area (Å²) in [5.74, 6) is 1.36. The molecule has 0 bridgehead atoms. The van der Waals surface area contributed by atoms with Gasteiger partial charge in [0, 0.05) is 25.2 Å². The van der Waals surface area contributed by atoms with Crippen molar-refractivity contribution in [2.75, 3.05) is 18.4 Å². The van der Waals surface area contributed by atoms with Crippen LogP contribution in [0.5, 0.6) is 0 Å². The SMILES string of the molecule is Cc1cc2n(n1)[C@@H](C(F)F)C[C@@H](C1CCN(C(=O)c3c(C)noc3C)CC1)N2. The average Bonchev–Trinajstić information content (AvgIpc) is 3.21. The molecule has 4 rings (SSSR count). The number of halogens is 2. The third-order valence-corrected chi connectivity index (χ3v) is 5.93. The van der Waals surface area contributed by atoms with E-state index in [9.17, 15) is 13.6 Å². The smallest absolute Gasteiger partial charge is 0.260 e. The van der Waals surface area contributed by atoms with E-state index in [1.54, 1.807) is 13.8 Å². The van der Waals surface area contributed by atoms with Gasteiger partial charge in [0.1, 0.15) is 23.2 Å². The number of aryl methyl sites for hydroxylation is 3. The van der Waals surface area contributed by atoms with Gasteiger partial charge in [-0.05, 0) is 46.0 Å². The molecule has 0 radical (unpaired) electrons. The van der Waals surface area contributed by atoms with Gasteiger partial charge in [-0.1, -0.05) is 5.16 Å². The van der Waals surface area contributed by atoms with Crippen LogP contribution in [0.25, 0.3) is 0 Å². The number of anilines is 1. The molecule has 0 saturated carbocycles. The van der Waals surface area contributed by atoms with E-state index in [2.05, 4.69) is 15.6 Å². The monoisotopic (exact) mass is 393 g/mol. The van der Waals surface area contributed by atoms with Crippen LogP contribution in [0.1, 0.15) is 52.8 Å². The first kappa shape index (κ1) is 18.9. The van der Waals surface area contributed by atoms with Crippen LogP contribution in [0.4, 0.5) is 14.6 Å². The third kappa shape index (κ3) is 3.27. The van der Waals surface area contributed by atoms with Gasteiger partial charge >= 0.3 is 0 Å². The van der Waals surface area contributed by atoms with E-state index < -0.39 is 12.5 Å². The third-order valence-electron chi connectivity index (χ3n) is 5.93. The molecule has 1 amide bonds. The molecule has 0 aliphatic carbocycles. The molecule has 0 unspecified atom stereocenters. The van der Waals surface area contributed by atoms with E-state index in [1.165, 1.54) is 4.68 Å². The van der Waals surface area contributed by atoms with Gasteiger partial charge < -0.3 is 14.7 Å². The number of aromatic nitrogens is 3. The number of carbonyl (C=O) groups excluding carboxylic acids is 1. The maximum atomic E-state index is 13.6. The van der Waals surface area contributed by atoms with E-state index >= 15 is 0 Å². The molecule has 2 aliphatic heterocycles. The predicted octanol–water partition coefficient (Wildman–Crippen LogP) is 3.34. The Labute approximate surface area is 162 Å². The second kappa shape index (κ2) is 7.18. The Morgan fingerprint density at radius 3 is 2.61 bits per heavy atom. The van der Waals surface area contributed by atoms with Crippen molar-refractivity contribution in [1.82, 2.24) is 19.8 Å². The number of carbonyl (C=O) groups is 1. The van der Waals surface area contributed by atoms with Crippen LogP contribution in [0.3, 0.4) is 0 Å². The molecule has 2 aromatic rings. The van der Waals surface area contributed by atoms with E-state index in [0.717, 1.165) is 18.5 Å². The van der Waals surface area contributed by atoms with Gasteiger partial charge in [0.25, 0.3) is 12.3 Å². The Hall–Kier alpha value is -2.45. The lowest BCUT2D eigenvalue weighted by Gasteiger charge is -2.40.